The summed E-state index contributed by atoms with van der Waals surface area (Å²) < 4.78 is 8.79. The van der Waals surface area contributed by atoms with E-state index in [9.17, 15) is 0 Å². The number of nitrogens with one attached hydrogen (secondary N) is 1. The Kier molecular flexibility index (Phi) is 4.59. The van der Waals surface area contributed by atoms with Gasteiger partial charge in [-0.1, -0.05) is 0 Å². The first-order valence-electron chi connectivity index (χ1n) is 6.18. The molecule has 0 bridgehead atoms. The first kappa shape index (κ1) is 13.1. The molecular formula is C12H20BrN3O. The largest absolute Gasteiger partial charge is 0.378 e. The quantitative estimate of drug-likeness (QED) is 0.928. The van der Waals surface area contributed by atoms with E-state index in [0.29, 0.717) is 12.1 Å². The van der Waals surface area contributed by atoms with E-state index in [2.05, 4.69) is 26.3 Å². The van der Waals surface area contributed by atoms with Gasteiger partial charge in [-0.25, -0.2) is 0 Å². The molecule has 0 radical (unpaired) electrons. The summed E-state index contributed by atoms with van der Waals surface area (Å²) in [6, 6.07) is 0.292. The predicted molar refractivity (Wildman–Crippen MR) is 70.9 cm³/mol. The van der Waals surface area contributed by atoms with Crippen LogP contribution in [0.25, 0.3) is 0 Å². The first-order chi connectivity index (χ1) is 8.22. The zero-order valence-corrected chi connectivity index (χ0v) is 12.0. The van der Waals surface area contributed by atoms with E-state index >= 15 is 0 Å². The molecule has 17 heavy (non-hydrogen) atoms. The molecule has 1 aromatic heterocycles. The molecule has 5 heteroatoms. The molecule has 1 aromatic rings. The van der Waals surface area contributed by atoms with Gasteiger partial charge < -0.3 is 10.1 Å². The average molecular weight is 302 g/mol. The summed E-state index contributed by atoms with van der Waals surface area (Å²) in [6.45, 7) is 0.910. The highest BCUT2D eigenvalue weighted by atomic mass is 79.9. The lowest BCUT2D eigenvalue weighted by atomic mass is 10.00. The van der Waals surface area contributed by atoms with Crippen LogP contribution < -0.4 is 5.32 Å². The minimum Gasteiger partial charge on any atom is -0.378 e. The summed E-state index contributed by atoms with van der Waals surface area (Å²) in [4.78, 5) is 0. The Morgan fingerprint density at radius 2 is 2.47 bits per heavy atom. The lowest BCUT2D eigenvalue weighted by Gasteiger charge is -2.27. The summed E-state index contributed by atoms with van der Waals surface area (Å²) in [5.41, 5.74) is 1.20. The highest BCUT2D eigenvalue weighted by Crippen LogP contribution is 2.28. The standard InChI is InChI=1S/C12H20BrN3O/c1-14-11(7-9-5-3-4-6-17-9)12-10(13)8-15-16(12)2/h8-9,11,14H,3-7H2,1-2H3. The molecule has 2 atom stereocenters. The first-order valence-corrected chi connectivity index (χ1v) is 6.98. The van der Waals surface area contributed by atoms with Gasteiger partial charge in [0.2, 0.25) is 0 Å². The van der Waals surface area contributed by atoms with E-state index in [1.54, 1.807) is 0 Å². The van der Waals surface area contributed by atoms with Crippen LogP contribution in [-0.4, -0.2) is 29.5 Å². The Bertz CT molecular complexity index is 341. The molecule has 4 nitrogen and oxygen atoms in total. The van der Waals surface area contributed by atoms with Crippen molar-refractivity contribution in [1.82, 2.24) is 15.1 Å². The number of aryl methyl sites for hydroxylation is 1. The Morgan fingerprint density at radius 3 is 3.00 bits per heavy atom. The van der Waals surface area contributed by atoms with Gasteiger partial charge in [-0.05, 0) is 48.7 Å². The van der Waals surface area contributed by atoms with Crippen molar-refractivity contribution in [3.8, 4) is 0 Å². The Hall–Kier alpha value is -0.390. The molecular weight excluding hydrogens is 282 g/mol. The van der Waals surface area contributed by atoms with Crippen molar-refractivity contribution in [1.29, 1.82) is 0 Å². The van der Waals surface area contributed by atoms with Crippen LogP contribution in [0.1, 0.15) is 37.4 Å². The fourth-order valence-corrected chi connectivity index (χ4v) is 3.06. The monoisotopic (exact) mass is 301 g/mol. The number of halogens is 1. The van der Waals surface area contributed by atoms with Crippen molar-refractivity contribution in [2.45, 2.75) is 37.8 Å². The maximum atomic E-state index is 5.80. The summed E-state index contributed by atoms with van der Waals surface area (Å²) in [5.74, 6) is 0. The van der Waals surface area contributed by atoms with Crippen LogP contribution in [0.4, 0.5) is 0 Å². The molecule has 1 fully saturated rings. The van der Waals surface area contributed by atoms with Crippen molar-refractivity contribution in [3.05, 3.63) is 16.4 Å². The van der Waals surface area contributed by atoms with E-state index in [-0.39, 0.29) is 0 Å². The van der Waals surface area contributed by atoms with Crippen LogP contribution in [0.2, 0.25) is 0 Å². The predicted octanol–water partition coefficient (Wildman–Crippen LogP) is 2.40. The van der Waals surface area contributed by atoms with Crippen molar-refractivity contribution in [3.63, 3.8) is 0 Å². The number of hydrogen-bond donors (Lipinski definition) is 1. The maximum Gasteiger partial charge on any atom is 0.0693 e. The van der Waals surface area contributed by atoms with Crippen LogP contribution >= 0.6 is 15.9 Å². The molecule has 2 heterocycles. The third-order valence-corrected chi connectivity index (χ3v) is 4.00. The smallest absolute Gasteiger partial charge is 0.0693 e. The zero-order valence-electron chi connectivity index (χ0n) is 10.4. The summed E-state index contributed by atoms with van der Waals surface area (Å²) in [5, 5.41) is 7.63. The number of hydrogen-bond acceptors (Lipinski definition) is 3. The van der Waals surface area contributed by atoms with Crippen LogP contribution in [0.15, 0.2) is 10.7 Å². The zero-order chi connectivity index (χ0) is 12.3. The van der Waals surface area contributed by atoms with Gasteiger partial charge in [0.25, 0.3) is 0 Å². The highest BCUT2D eigenvalue weighted by molar-refractivity contribution is 9.10. The second kappa shape index (κ2) is 5.98. The van der Waals surface area contributed by atoms with Crippen molar-refractivity contribution < 1.29 is 4.74 Å². The van der Waals surface area contributed by atoms with Gasteiger partial charge >= 0.3 is 0 Å². The molecule has 0 amide bonds. The topological polar surface area (TPSA) is 39.1 Å². The molecule has 1 aliphatic heterocycles. The van der Waals surface area contributed by atoms with Gasteiger partial charge in [0.05, 0.1) is 28.5 Å². The van der Waals surface area contributed by atoms with Crippen LogP contribution in [0.3, 0.4) is 0 Å². The van der Waals surface area contributed by atoms with E-state index in [1.807, 2.05) is 25.0 Å². The lowest BCUT2D eigenvalue weighted by molar-refractivity contribution is 0.00499. The lowest BCUT2D eigenvalue weighted by Crippen LogP contribution is -2.28. The third-order valence-electron chi connectivity index (χ3n) is 3.39. The van der Waals surface area contributed by atoms with E-state index < -0.39 is 0 Å². The number of ether oxygens (including phenoxy) is 1. The fraction of sp³-hybridized carbons (Fsp3) is 0.750. The molecule has 2 rings (SSSR count). The Morgan fingerprint density at radius 1 is 1.65 bits per heavy atom. The summed E-state index contributed by atoms with van der Waals surface area (Å²) in [6.07, 6.45) is 6.90. The normalized spacial score (nSPS) is 22.6. The molecule has 2 unspecified atom stereocenters. The number of aromatic nitrogens is 2. The van der Waals surface area contributed by atoms with Gasteiger partial charge in [0.15, 0.2) is 0 Å². The molecule has 1 saturated heterocycles. The SMILES string of the molecule is CNC(CC1CCCCO1)c1c(Br)cnn1C. The highest BCUT2D eigenvalue weighted by Gasteiger charge is 2.23. The van der Waals surface area contributed by atoms with Crippen molar-refractivity contribution in [2.75, 3.05) is 13.7 Å². The van der Waals surface area contributed by atoms with Gasteiger partial charge in [-0.3, -0.25) is 4.68 Å². The number of nitrogens with zero attached hydrogens (tertiary/aromatic N) is 2. The summed E-state index contributed by atoms with van der Waals surface area (Å²) in [7, 11) is 3.97. The Balaban J connectivity index is 2.05. The van der Waals surface area contributed by atoms with Gasteiger partial charge in [-0.15, -0.1) is 0 Å². The second-order valence-corrected chi connectivity index (χ2v) is 5.42. The molecule has 0 aliphatic carbocycles. The maximum absolute atomic E-state index is 5.80. The average Bonchev–Trinajstić information content (AvgIpc) is 2.68. The van der Waals surface area contributed by atoms with Crippen LogP contribution in [0, 0.1) is 0 Å². The van der Waals surface area contributed by atoms with Crippen LogP contribution in [0.5, 0.6) is 0 Å². The molecule has 1 aliphatic rings. The van der Waals surface area contributed by atoms with Gasteiger partial charge in [-0.2, -0.15) is 5.10 Å². The van der Waals surface area contributed by atoms with Gasteiger partial charge in [0, 0.05) is 13.7 Å². The van der Waals surface area contributed by atoms with Crippen molar-refractivity contribution in [2.24, 2.45) is 7.05 Å². The molecule has 0 aromatic carbocycles. The van der Waals surface area contributed by atoms with Crippen LogP contribution in [-0.2, 0) is 11.8 Å². The van der Waals surface area contributed by atoms with E-state index in [1.165, 1.54) is 25.0 Å². The molecule has 0 spiro atoms. The molecule has 1 N–H and O–H groups in total. The molecule has 96 valence electrons. The Labute approximate surface area is 111 Å². The third kappa shape index (κ3) is 3.09. The second-order valence-electron chi connectivity index (χ2n) is 4.57. The summed E-state index contributed by atoms with van der Waals surface area (Å²) >= 11 is 3.56. The minimum atomic E-state index is 0.292. The van der Waals surface area contributed by atoms with E-state index in [0.717, 1.165) is 17.5 Å². The van der Waals surface area contributed by atoms with Gasteiger partial charge in [0.1, 0.15) is 0 Å². The fourth-order valence-electron chi connectivity index (χ4n) is 2.43. The van der Waals surface area contributed by atoms with E-state index in [4.69, 9.17) is 4.74 Å². The minimum absolute atomic E-state index is 0.292. The number of rotatable bonds is 4. The molecule has 0 saturated carbocycles. The van der Waals surface area contributed by atoms with Crippen molar-refractivity contribution >= 4 is 15.9 Å².